The molecule has 0 aliphatic carbocycles. The van der Waals surface area contributed by atoms with Crippen molar-refractivity contribution in [3.8, 4) is 6.07 Å². The van der Waals surface area contributed by atoms with E-state index >= 15 is 0 Å². The molecule has 1 saturated heterocycles. The first-order valence-corrected chi connectivity index (χ1v) is 9.02. The second kappa shape index (κ2) is 8.71. The van der Waals surface area contributed by atoms with Crippen molar-refractivity contribution in [1.82, 2.24) is 14.6 Å². The third kappa shape index (κ3) is 3.75. The molecule has 2 aromatic rings. The molecule has 1 fully saturated rings. The molecule has 0 unspecified atom stereocenters. The smallest absolute Gasteiger partial charge is 0.412 e. The Balaban J connectivity index is 1.98. The summed E-state index contributed by atoms with van der Waals surface area (Å²) in [5.41, 5.74) is -2.64. The lowest BCUT2D eigenvalue weighted by molar-refractivity contribution is -0.0643. The third-order valence-electron chi connectivity index (χ3n) is 4.60. The highest BCUT2D eigenvalue weighted by atomic mass is 16.6. The SMILES string of the molecule is [2H]c1cc([C@]2(C#N)O[C@H](C([2H])([2H])O)[C@@H](O)[C@H]2O)n2ncnc(NC(=O)OCCCCC)c12. The largest absolute Gasteiger partial charge is 0.449 e. The molecule has 11 nitrogen and oxygen atoms in total. The van der Waals surface area contributed by atoms with Gasteiger partial charge in [0.05, 0.1) is 23.0 Å². The molecule has 0 aromatic carbocycles. The molecule has 3 rings (SSSR count). The maximum Gasteiger partial charge on any atom is 0.412 e. The van der Waals surface area contributed by atoms with E-state index in [0.717, 1.165) is 29.8 Å². The number of carbonyl (C=O) groups excluding carboxylic acids is 1. The van der Waals surface area contributed by atoms with Crippen LogP contribution in [0.4, 0.5) is 10.6 Å². The summed E-state index contributed by atoms with van der Waals surface area (Å²) in [4.78, 5) is 16.0. The highest BCUT2D eigenvalue weighted by Gasteiger charge is 2.57. The molecule has 11 heteroatoms. The average Bonchev–Trinajstić information content (AvgIpc) is 3.21. The molecule has 3 heterocycles. The highest BCUT2D eigenvalue weighted by molar-refractivity contribution is 5.88. The van der Waals surface area contributed by atoms with Gasteiger partial charge in [0.15, 0.2) is 5.82 Å². The highest BCUT2D eigenvalue weighted by Crippen LogP contribution is 2.40. The van der Waals surface area contributed by atoms with Crippen LogP contribution in [0.3, 0.4) is 0 Å². The first kappa shape index (κ1) is 17.1. The van der Waals surface area contributed by atoms with Gasteiger partial charge in [0, 0.05) is 0 Å². The van der Waals surface area contributed by atoms with Crippen molar-refractivity contribution in [2.45, 2.75) is 50.1 Å². The van der Waals surface area contributed by atoms with Gasteiger partial charge in [-0.2, -0.15) is 10.4 Å². The summed E-state index contributed by atoms with van der Waals surface area (Å²) in [6.07, 6.45) is -3.14. The number of ether oxygens (including phenoxy) is 2. The van der Waals surface area contributed by atoms with Gasteiger partial charge in [0.1, 0.15) is 36.2 Å². The molecule has 1 amide bonds. The number of aromatic nitrogens is 3. The number of nitrogens with one attached hydrogen (secondary N) is 1. The zero-order valence-corrected chi connectivity index (χ0v) is 15.6. The number of nitriles is 1. The Morgan fingerprint density at radius 2 is 2.38 bits per heavy atom. The number of unbranched alkanes of at least 4 members (excludes halogenated alkanes) is 2. The van der Waals surface area contributed by atoms with Crippen LogP contribution in [0.2, 0.25) is 0 Å². The van der Waals surface area contributed by atoms with Crippen LogP contribution in [0.5, 0.6) is 0 Å². The fourth-order valence-corrected chi connectivity index (χ4v) is 3.08. The summed E-state index contributed by atoms with van der Waals surface area (Å²) in [6, 6.07) is 2.55. The lowest BCUT2D eigenvalue weighted by Gasteiger charge is -2.24. The van der Waals surface area contributed by atoms with E-state index in [1.165, 1.54) is 0 Å². The van der Waals surface area contributed by atoms with E-state index in [9.17, 15) is 25.4 Å². The fraction of sp³-hybridized carbons (Fsp3) is 0.556. The predicted molar refractivity (Wildman–Crippen MR) is 98.7 cm³/mol. The summed E-state index contributed by atoms with van der Waals surface area (Å²) in [6.45, 7) is -0.868. The molecule has 0 spiro atoms. The van der Waals surface area contributed by atoms with Crippen molar-refractivity contribution in [2.75, 3.05) is 18.5 Å². The first-order valence-electron chi connectivity index (χ1n) is 10.5. The molecule has 1 aliphatic heterocycles. The number of rotatable bonds is 7. The van der Waals surface area contributed by atoms with Gasteiger partial charge in [0.25, 0.3) is 0 Å². The molecule has 0 bridgehead atoms. The maximum atomic E-state index is 12.1. The molecule has 4 atom stereocenters. The lowest BCUT2D eigenvalue weighted by atomic mass is 9.92. The van der Waals surface area contributed by atoms with Crippen molar-refractivity contribution < 1.29 is 33.7 Å². The first-order chi connectivity index (χ1) is 15.1. The minimum atomic E-state index is -3.07. The van der Waals surface area contributed by atoms with Gasteiger partial charge in [-0.05, 0) is 18.5 Å². The van der Waals surface area contributed by atoms with Crippen LogP contribution in [0.25, 0.3) is 5.52 Å². The summed E-state index contributed by atoms with van der Waals surface area (Å²) in [7, 11) is 0. The number of nitrogens with zero attached hydrogens (tertiary/aromatic N) is 4. The number of anilines is 1. The topological polar surface area (TPSA) is 162 Å². The number of aliphatic hydroxyl groups excluding tert-OH is 2. The quantitative estimate of drug-likeness (QED) is 0.472. The standard InChI is InChI=1S/C18H23N5O6/c1-2-3-4-7-28-17(27)22-16-11-5-6-13(23(11)21-10-20-16)18(9-19)15(26)14(25)12(8-24)29-18/h5-6,10,12,14-15,24-26H,2-4,7-8H2,1H3,(H,20,21,22,27)/t12-,14-,15-,18+/m1/s1/i5D,8D2. The van der Waals surface area contributed by atoms with E-state index < -0.39 is 36.6 Å². The Morgan fingerprint density at radius 3 is 3.03 bits per heavy atom. The second-order valence-corrected chi connectivity index (χ2v) is 6.46. The molecule has 1 aliphatic rings. The minimum Gasteiger partial charge on any atom is -0.449 e. The van der Waals surface area contributed by atoms with Gasteiger partial charge < -0.3 is 24.8 Å². The lowest BCUT2D eigenvalue weighted by Crippen LogP contribution is -2.41. The maximum absolute atomic E-state index is 12.1. The van der Waals surface area contributed by atoms with Crippen LogP contribution in [0.15, 0.2) is 18.4 Å². The van der Waals surface area contributed by atoms with Crippen molar-refractivity contribution in [3.05, 3.63) is 24.1 Å². The Hall–Kier alpha value is -2.78. The van der Waals surface area contributed by atoms with Crippen LogP contribution < -0.4 is 5.32 Å². The van der Waals surface area contributed by atoms with Gasteiger partial charge in [-0.15, -0.1) is 0 Å². The Bertz CT molecular complexity index is 1040. The van der Waals surface area contributed by atoms with E-state index in [4.69, 9.17) is 13.6 Å². The van der Waals surface area contributed by atoms with E-state index in [1.54, 1.807) is 6.07 Å². The van der Waals surface area contributed by atoms with E-state index in [0.29, 0.717) is 6.42 Å². The van der Waals surface area contributed by atoms with Crippen molar-refractivity contribution in [3.63, 3.8) is 0 Å². The normalized spacial score (nSPS) is 28.4. The molecular weight excluding hydrogens is 382 g/mol. The molecule has 4 N–H and O–H groups in total. The zero-order valence-electron chi connectivity index (χ0n) is 18.6. The van der Waals surface area contributed by atoms with E-state index in [1.807, 2.05) is 6.92 Å². The van der Waals surface area contributed by atoms with E-state index in [2.05, 4.69) is 15.4 Å². The van der Waals surface area contributed by atoms with Crippen LogP contribution in [-0.2, 0) is 15.1 Å². The van der Waals surface area contributed by atoms with Crippen LogP contribution in [-0.4, -0.2) is 67.5 Å². The van der Waals surface area contributed by atoms with Crippen molar-refractivity contribution in [1.29, 1.82) is 5.26 Å². The van der Waals surface area contributed by atoms with E-state index in [-0.39, 0.29) is 29.7 Å². The van der Waals surface area contributed by atoms with Gasteiger partial charge in [-0.1, -0.05) is 19.8 Å². The molecular formula is C18H23N5O6. The van der Waals surface area contributed by atoms with Crippen molar-refractivity contribution >= 4 is 17.4 Å². The summed E-state index contributed by atoms with van der Waals surface area (Å²) < 4.78 is 34.5. The third-order valence-corrected chi connectivity index (χ3v) is 4.60. The number of hydrogen-bond acceptors (Lipinski definition) is 9. The van der Waals surface area contributed by atoms with Gasteiger partial charge in [-0.3, -0.25) is 5.32 Å². The Kier molecular flexibility index (Phi) is 5.14. The Morgan fingerprint density at radius 1 is 1.59 bits per heavy atom. The summed E-state index contributed by atoms with van der Waals surface area (Å²) in [5, 5.41) is 46.5. The van der Waals surface area contributed by atoms with Crippen LogP contribution >= 0.6 is 0 Å². The molecule has 0 radical (unpaired) electrons. The van der Waals surface area contributed by atoms with Crippen LogP contribution in [0, 0.1) is 11.3 Å². The van der Waals surface area contributed by atoms with Gasteiger partial charge in [-0.25, -0.2) is 14.3 Å². The predicted octanol–water partition coefficient (Wildman–Crippen LogP) is 0.300. The Labute approximate surface area is 170 Å². The molecule has 29 heavy (non-hydrogen) atoms. The van der Waals surface area contributed by atoms with Gasteiger partial charge >= 0.3 is 6.09 Å². The van der Waals surface area contributed by atoms with Crippen LogP contribution in [0.1, 0.15) is 36.0 Å². The monoisotopic (exact) mass is 408 g/mol. The number of aliphatic hydroxyl groups is 3. The number of carbonyl (C=O) groups is 1. The zero-order chi connectivity index (χ0) is 23.7. The summed E-state index contributed by atoms with van der Waals surface area (Å²) in [5.74, 6) is -0.105. The summed E-state index contributed by atoms with van der Waals surface area (Å²) >= 11 is 0. The average molecular weight is 408 g/mol. The fourth-order valence-electron chi connectivity index (χ4n) is 3.08. The second-order valence-electron chi connectivity index (χ2n) is 6.46. The molecule has 2 aromatic heterocycles. The molecule has 156 valence electrons. The number of hydrogen-bond donors (Lipinski definition) is 4. The number of fused-ring (bicyclic) bond motifs is 1. The number of amides is 1. The van der Waals surface area contributed by atoms with Gasteiger partial charge in [0.2, 0.25) is 5.60 Å². The van der Waals surface area contributed by atoms with Crippen molar-refractivity contribution in [2.24, 2.45) is 0 Å². The molecule has 0 saturated carbocycles. The minimum absolute atomic E-state index is 0.0524.